The number of nitrogens with one attached hydrogen (secondary N) is 2. The van der Waals surface area contributed by atoms with Crippen molar-refractivity contribution in [2.75, 3.05) is 51.3 Å². The van der Waals surface area contributed by atoms with Crippen LogP contribution >= 0.6 is 0 Å². The molecule has 11 heteroatoms. The topological polar surface area (TPSA) is 125 Å². The SMILES string of the molecule is COC(=O)C(C)N1CCN(CC2CN(c3ccc(C(=N)NC(=O)Oc4ccccc4)cc3)C(=O)O2)CC1. The van der Waals surface area contributed by atoms with Gasteiger partial charge in [-0.2, -0.15) is 0 Å². The first kappa shape index (κ1) is 26.1. The summed E-state index contributed by atoms with van der Waals surface area (Å²) in [4.78, 5) is 42.2. The highest BCUT2D eigenvalue weighted by Crippen LogP contribution is 2.23. The number of rotatable bonds is 7. The van der Waals surface area contributed by atoms with E-state index in [9.17, 15) is 14.4 Å². The van der Waals surface area contributed by atoms with Crippen molar-refractivity contribution in [2.45, 2.75) is 19.1 Å². The summed E-state index contributed by atoms with van der Waals surface area (Å²) in [5, 5.41) is 10.5. The van der Waals surface area contributed by atoms with Gasteiger partial charge in [-0.05, 0) is 43.3 Å². The van der Waals surface area contributed by atoms with E-state index in [-0.39, 0.29) is 24.0 Å². The molecule has 2 aliphatic heterocycles. The standard InChI is InChI=1S/C26H31N5O6/c1-18(24(32)35-2)30-14-12-29(13-15-30)16-22-17-31(26(34)37-22)20-10-8-19(9-11-20)23(27)28-25(33)36-21-6-4-3-5-7-21/h3-11,18,22H,12-17H2,1-2H3,(H2,27,28,33). The fourth-order valence-corrected chi connectivity index (χ4v) is 4.37. The van der Waals surface area contributed by atoms with Gasteiger partial charge in [-0.1, -0.05) is 18.2 Å². The molecule has 2 N–H and O–H groups in total. The Morgan fingerprint density at radius 3 is 2.41 bits per heavy atom. The largest absolute Gasteiger partial charge is 0.468 e. The summed E-state index contributed by atoms with van der Waals surface area (Å²) in [5.41, 5.74) is 1.12. The molecule has 2 saturated heterocycles. The Bertz CT molecular complexity index is 1120. The van der Waals surface area contributed by atoms with Gasteiger partial charge in [0.1, 0.15) is 23.7 Å². The van der Waals surface area contributed by atoms with E-state index >= 15 is 0 Å². The van der Waals surface area contributed by atoms with Crippen molar-refractivity contribution in [3.05, 3.63) is 60.2 Å². The number of methoxy groups -OCH3 is 1. The van der Waals surface area contributed by atoms with Gasteiger partial charge in [0, 0.05) is 44.0 Å². The second-order valence-electron chi connectivity index (χ2n) is 8.90. The lowest BCUT2D eigenvalue weighted by atomic mass is 10.1. The van der Waals surface area contributed by atoms with Crippen LogP contribution in [0, 0.1) is 5.41 Å². The molecule has 196 valence electrons. The Morgan fingerprint density at radius 2 is 1.76 bits per heavy atom. The Balaban J connectivity index is 1.26. The molecule has 2 aromatic carbocycles. The first-order chi connectivity index (χ1) is 17.8. The number of para-hydroxylation sites is 1. The molecule has 0 aromatic heterocycles. The number of nitrogens with zero attached hydrogens (tertiary/aromatic N) is 3. The molecule has 0 aliphatic carbocycles. The Labute approximate surface area is 215 Å². The number of ether oxygens (including phenoxy) is 3. The molecule has 4 rings (SSSR count). The number of esters is 1. The van der Waals surface area contributed by atoms with Crippen molar-refractivity contribution in [3.63, 3.8) is 0 Å². The summed E-state index contributed by atoms with van der Waals surface area (Å²) < 4.78 is 15.6. The average Bonchev–Trinajstić information content (AvgIpc) is 3.28. The molecule has 0 spiro atoms. The van der Waals surface area contributed by atoms with E-state index in [4.69, 9.17) is 19.6 Å². The number of hydrogen-bond acceptors (Lipinski definition) is 9. The van der Waals surface area contributed by atoms with Gasteiger partial charge in [0.2, 0.25) is 0 Å². The van der Waals surface area contributed by atoms with Crippen LogP contribution in [0.2, 0.25) is 0 Å². The maximum absolute atomic E-state index is 12.5. The molecule has 2 aromatic rings. The molecule has 0 saturated carbocycles. The van der Waals surface area contributed by atoms with Crippen LogP contribution in [0.3, 0.4) is 0 Å². The Kier molecular flexibility index (Phi) is 8.36. The predicted octanol–water partition coefficient (Wildman–Crippen LogP) is 2.30. The number of amidine groups is 1. The number of hydrogen-bond donors (Lipinski definition) is 2. The number of carbonyl (C=O) groups excluding carboxylic acids is 3. The summed E-state index contributed by atoms with van der Waals surface area (Å²) in [7, 11) is 1.40. The first-order valence-electron chi connectivity index (χ1n) is 12.1. The molecule has 37 heavy (non-hydrogen) atoms. The Hall–Kier alpha value is -3.96. The van der Waals surface area contributed by atoms with Crippen LogP contribution in [0.4, 0.5) is 15.3 Å². The molecule has 2 unspecified atom stereocenters. The van der Waals surface area contributed by atoms with E-state index in [0.29, 0.717) is 30.1 Å². The van der Waals surface area contributed by atoms with Crippen LogP contribution in [-0.2, 0) is 14.3 Å². The molecule has 2 amide bonds. The van der Waals surface area contributed by atoms with Crippen molar-refractivity contribution < 1.29 is 28.6 Å². The minimum Gasteiger partial charge on any atom is -0.468 e. The minimum atomic E-state index is -0.758. The van der Waals surface area contributed by atoms with Crippen molar-refractivity contribution in [2.24, 2.45) is 0 Å². The van der Waals surface area contributed by atoms with Gasteiger partial charge >= 0.3 is 18.2 Å². The zero-order valence-electron chi connectivity index (χ0n) is 20.9. The highest BCUT2D eigenvalue weighted by molar-refractivity contribution is 6.05. The maximum atomic E-state index is 12.5. The third kappa shape index (κ3) is 6.63. The number of amides is 2. The van der Waals surface area contributed by atoms with Gasteiger partial charge in [-0.25, -0.2) is 9.59 Å². The van der Waals surface area contributed by atoms with Gasteiger partial charge in [0.05, 0.1) is 13.7 Å². The fourth-order valence-electron chi connectivity index (χ4n) is 4.37. The van der Waals surface area contributed by atoms with Crippen molar-refractivity contribution >= 4 is 29.7 Å². The molecular formula is C26H31N5O6. The zero-order chi connectivity index (χ0) is 26.4. The molecule has 2 fully saturated rings. The summed E-state index contributed by atoms with van der Waals surface area (Å²) in [5.74, 6) is 0.0239. The number of cyclic esters (lactones) is 1. The highest BCUT2D eigenvalue weighted by Gasteiger charge is 2.35. The minimum absolute atomic E-state index is 0.116. The number of benzene rings is 2. The summed E-state index contributed by atoms with van der Waals surface area (Å²) >= 11 is 0. The lowest BCUT2D eigenvalue weighted by Crippen LogP contribution is -2.53. The van der Waals surface area contributed by atoms with Crippen LogP contribution in [0.5, 0.6) is 5.75 Å². The zero-order valence-corrected chi connectivity index (χ0v) is 20.9. The summed E-state index contributed by atoms with van der Waals surface area (Å²) in [6, 6.07) is 15.0. The lowest BCUT2D eigenvalue weighted by molar-refractivity contribution is -0.147. The Morgan fingerprint density at radius 1 is 1.08 bits per heavy atom. The van der Waals surface area contributed by atoms with Gasteiger partial charge in [0.25, 0.3) is 0 Å². The molecule has 2 aliphatic rings. The molecule has 2 heterocycles. The number of piperazine rings is 1. The van der Waals surface area contributed by atoms with E-state index in [1.165, 1.54) is 7.11 Å². The molecule has 11 nitrogen and oxygen atoms in total. The summed E-state index contributed by atoms with van der Waals surface area (Å²) in [6.07, 6.45) is -1.45. The molecule has 2 atom stereocenters. The van der Waals surface area contributed by atoms with Crippen molar-refractivity contribution in [3.8, 4) is 5.75 Å². The van der Waals surface area contributed by atoms with E-state index in [1.54, 1.807) is 53.4 Å². The quantitative estimate of drug-likeness (QED) is 0.331. The van der Waals surface area contributed by atoms with E-state index in [0.717, 1.165) is 26.2 Å². The van der Waals surface area contributed by atoms with Crippen molar-refractivity contribution in [1.82, 2.24) is 15.1 Å². The second-order valence-corrected chi connectivity index (χ2v) is 8.90. The molecular weight excluding hydrogens is 478 g/mol. The van der Waals surface area contributed by atoms with E-state index in [1.807, 2.05) is 13.0 Å². The fraction of sp³-hybridized carbons (Fsp3) is 0.385. The molecule has 0 bridgehead atoms. The smallest absolute Gasteiger partial charge is 0.418 e. The van der Waals surface area contributed by atoms with Crippen LogP contribution in [0.1, 0.15) is 12.5 Å². The van der Waals surface area contributed by atoms with Crippen LogP contribution < -0.4 is 15.0 Å². The van der Waals surface area contributed by atoms with E-state index in [2.05, 4.69) is 15.1 Å². The third-order valence-electron chi connectivity index (χ3n) is 6.48. The van der Waals surface area contributed by atoms with Crippen LogP contribution in [-0.4, -0.2) is 92.3 Å². The van der Waals surface area contributed by atoms with Crippen molar-refractivity contribution in [1.29, 1.82) is 5.41 Å². The first-order valence-corrected chi connectivity index (χ1v) is 12.1. The normalized spacial score (nSPS) is 19.1. The van der Waals surface area contributed by atoms with Gasteiger partial charge in [-0.15, -0.1) is 0 Å². The van der Waals surface area contributed by atoms with Gasteiger partial charge < -0.3 is 14.2 Å². The van der Waals surface area contributed by atoms with Gasteiger partial charge in [0.15, 0.2) is 0 Å². The third-order valence-corrected chi connectivity index (χ3v) is 6.48. The monoisotopic (exact) mass is 509 g/mol. The lowest BCUT2D eigenvalue weighted by Gasteiger charge is -2.37. The number of carbonyl (C=O) groups is 3. The van der Waals surface area contributed by atoms with Crippen LogP contribution in [0.15, 0.2) is 54.6 Å². The van der Waals surface area contributed by atoms with Gasteiger partial charge in [-0.3, -0.25) is 30.2 Å². The van der Waals surface area contributed by atoms with E-state index < -0.39 is 12.2 Å². The maximum Gasteiger partial charge on any atom is 0.418 e. The molecule has 0 radical (unpaired) electrons. The van der Waals surface area contributed by atoms with Crippen LogP contribution in [0.25, 0.3) is 0 Å². The summed E-state index contributed by atoms with van der Waals surface area (Å²) in [6.45, 7) is 5.88. The average molecular weight is 510 g/mol. The highest BCUT2D eigenvalue weighted by atomic mass is 16.6. The predicted molar refractivity (Wildman–Crippen MR) is 136 cm³/mol. The second kappa shape index (κ2) is 11.8. The number of anilines is 1.